The minimum absolute atomic E-state index is 0.834. The van der Waals surface area contributed by atoms with Crippen LogP contribution in [0.5, 0.6) is 0 Å². The van der Waals surface area contributed by atoms with Gasteiger partial charge in [0, 0.05) is 12.8 Å². The van der Waals surface area contributed by atoms with Crippen molar-refractivity contribution in [3.63, 3.8) is 0 Å². The lowest BCUT2D eigenvalue weighted by molar-refractivity contribution is 0.328. The lowest BCUT2D eigenvalue weighted by atomic mass is 9.86. The molecule has 0 saturated heterocycles. The van der Waals surface area contributed by atoms with Crippen LogP contribution in [0.15, 0.2) is 10.6 Å². The van der Waals surface area contributed by atoms with Crippen LogP contribution < -0.4 is 5.32 Å². The van der Waals surface area contributed by atoms with Gasteiger partial charge >= 0.3 is 0 Å². The normalized spacial score (nSPS) is 16.9. The maximum absolute atomic E-state index is 5.85. The van der Waals surface area contributed by atoms with Gasteiger partial charge in [0.05, 0.1) is 6.20 Å². The molecular weight excluding hydrogens is 236 g/mol. The van der Waals surface area contributed by atoms with E-state index in [4.69, 9.17) is 4.42 Å². The van der Waals surface area contributed by atoms with Crippen molar-refractivity contribution in [3.8, 4) is 0 Å². The molecule has 1 saturated carbocycles. The van der Waals surface area contributed by atoms with Crippen LogP contribution in [0.2, 0.25) is 0 Å². The van der Waals surface area contributed by atoms with E-state index >= 15 is 0 Å². The second kappa shape index (κ2) is 8.36. The maximum atomic E-state index is 5.85. The zero-order chi connectivity index (χ0) is 13.3. The highest BCUT2D eigenvalue weighted by Crippen LogP contribution is 2.27. The number of nitrogens with zero attached hydrogens (tertiary/aromatic N) is 1. The van der Waals surface area contributed by atoms with Crippen molar-refractivity contribution < 1.29 is 4.42 Å². The van der Waals surface area contributed by atoms with Crippen molar-refractivity contribution in [2.24, 2.45) is 5.92 Å². The average Bonchev–Trinajstić information content (AvgIpc) is 2.87. The number of aryl methyl sites for hydroxylation is 1. The van der Waals surface area contributed by atoms with Gasteiger partial charge in [-0.15, -0.1) is 0 Å². The Morgan fingerprint density at radius 3 is 2.89 bits per heavy atom. The Hall–Kier alpha value is -0.830. The van der Waals surface area contributed by atoms with Crippen LogP contribution in [0, 0.1) is 5.92 Å². The lowest BCUT2D eigenvalue weighted by Crippen LogP contribution is -2.16. The molecule has 1 fully saturated rings. The fourth-order valence-electron chi connectivity index (χ4n) is 2.90. The molecule has 0 amide bonds. The van der Waals surface area contributed by atoms with Crippen molar-refractivity contribution in [2.45, 2.75) is 64.7 Å². The number of oxazole rings is 1. The first-order valence-corrected chi connectivity index (χ1v) is 8.02. The Morgan fingerprint density at radius 2 is 2.11 bits per heavy atom. The van der Waals surface area contributed by atoms with E-state index in [0.717, 1.165) is 49.9 Å². The molecule has 0 atom stereocenters. The van der Waals surface area contributed by atoms with Crippen molar-refractivity contribution in [3.05, 3.63) is 17.8 Å². The lowest BCUT2D eigenvalue weighted by Gasteiger charge is -2.19. The first kappa shape index (κ1) is 14.6. The third kappa shape index (κ3) is 5.35. The van der Waals surface area contributed by atoms with E-state index in [1.807, 2.05) is 6.20 Å². The first-order chi connectivity index (χ1) is 9.38. The Kier molecular flexibility index (Phi) is 6.42. The number of hydrogen-bond acceptors (Lipinski definition) is 3. The zero-order valence-electron chi connectivity index (χ0n) is 12.3. The summed E-state index contributed by atoms with van der Waals surface area (Å²) in [6.07, 6.45) is 13.3. The summed E-state index contributed by atoms with van der Waals surface area (Å²) in [6, 6.07) is 0. The minimum atomic E-state index is 0.834. The van der Waals surface area contributed by atoms with E-state index in [2.05, 4.69) is 17.2 Å². The second-order valence-electron chi connectivity index (χ2n) is 5.78. The Bertz CT molecular complexity index is 342. The van der Waals surface area contributed by atoms with Crippen LogP contribution in [-0.2, 0) is 12.8 Å². The standard InChI is InChI=1S/C16H28N2O/c1-2-10-17-11-6-9-16-18-13-15(19-16)12-14-7-4-3-5-8-14/h13-14,17H,2-12H2,1H3. The van der Waals surface area contributed by atoms with Crippen LogP contribution >= 0.6 is 0 Å². The van der Waals surface area contributed by atoms with Crippen molar-refractivity contribution in [2.75, 3.05) is 13.1 Å². The Morgan fingerprint density at radius 1 is 1.26 bits per heavy atom. The minimum Gasteiger partial charge on any atom is -0.446 e. The number of rotatable bonds is 8. The molecule has 0 bridgehead atoms. The predicted molar refractivity (Wildman–Crippen MR) is 78.3 cm³/mol. The molecular formula is C16H28N2O. The highest BCUT2D eigenvalue weighted by molar-refractivity contribution is 4.96. The topological polar surface area (TPSA) is 38.1 Å². The molecule has 0 aliphatic heterocycles. The van der Waals surface area contributed by atoms with E-state index < -0.39 is 0 Å². The molecule has 0 unspecified atom stereocenters. The van der Waals surface area contributed by atoms with Crippen LogP contribution in [-0.4, -0.2) is 18.1 Å². The molecule has 0 radical (unpaired) electrons. The highest BCUT2D eigenvalue weighted by Gasteiger charge is 2.16. The molecule has 1 N–H and O–H groups in total. The summed E-state index contributed by atoms with van der Waals surface area (Å²) >= 11 is 0. The SMILES string of the molecule is CCCNCCCc1ncc(CC2CCCCC2)o1. The third-order valence-corrected chi connectivity index (χ3v) is 3.99. The summed E-state index contributed by atoms with van der Waals surface area (Å²) in [4.78, 5) is 4.41. The van der Waals surface area contributed by atoms with Gasteiger partial charge < -0.3 is 9.73 Å². The molecule has 1 aliphatic carbocycles. The highest BCUT2D eigenvalue weighted by atomic mass is 16.4. The van der Waals surface area contributed by atoms with Gasteiger partial charge in [0.15, 0.2) is 5.89 Å². The number of hydrogen-bond donors (Lipinski definition) is 1. The van der Waals surface area contributed by atoms with Crippen molar-refractivity contribution in [1.29, 1.82) is 0 Å². The summed E-state index contributed by atoms with van der Waals surface area (Å²) in [6.45, 7) is 4.37. The van der Waals surface area contributed by atoms with Gasteiger partial charge in [0.2, 0.25) is 0 Å². The molecule has 1 aromatic heterocycles. The molecule has 1 heterocycles. The zero-order valence-corrected chi connectivity index (χ0v) is 12.3. The second-order valence-corrected chi connectivity index (χ2v) is 5.78. The Labute approximate surface area is 117 Å². The van der Waals surface area contributed by atoms with Gasteiger partial charge in [-0.2, -0.15) is 0 Å². The summed E-state index contributed by atoms with van der Waals surface area (Å²) in [5.41, 5.74) is 0. The summed E-state index contributed by atoms with van der Waals surface area (Å²) < 4.78 is 5.85. The largest absolute Gasteiger partial charge is 0.446 e. The summed E-state index contributed by atoms with van der Waals surface area (Å²) in [7, 11) is 0. The Balaban J connectivity index is 1.66. The van der Waals surface area contributed by atoms with E-state index in [0.29, 0.717) is 0 Å². The molecule has 0 spiro atoms. The smallest absolute Gasteiger partial charge is 0.194 e. The average molecular weight is 264 g/mol. The summed E-state index contributed by atoms with van der Waals surface area (Å²) in [5, 5.41) is 3.41. The summed E-state index contributed by atoms with van der Waals surface area (Å²) in [5.74, 6) is 2.85. The van der Waals surface area contributed by atoms with Crippen LogP contribution in [0.3, 0.4) is 0 Å². The van der Waals surface area contributed by atoms with Gasteiger partial charge in [0.25, 0.3) is 0 Å². The fourth-order valence-corrected chi connectivity index (χ4v) is 2.90. The molecule has 108 valence electrons. The van der Waals surface area contributed by atoms with Gasteiger partial charge in [-0.1, -0.05) is 39.0 Å². The van der Waals surface area contributed by atoms with Crippen LogP contribution in [0.4, 0.5) is 0 Å². The third-order valence-electron chi connectivity index (χ3n) is 3.99. The van der Waals surface area contributed by atoms with E-state index in [1.165, 1.54) is 38.5 Å². The monoisotopic (exact) mass is 264 g/mol. The molecule has 3 heteroatoms. The van der Waals surface area contributed by atoms with E-state index in [1.54, 1.807) is 0 Å². The molecule has 3 nitrogen and oxygen atoms in total. The van der Waals surface area contributed by atoms with E-state index in [-0.39, 0.29) is 0 Å². The van der Waals surface area contributed by atoms with Crippen molar-refractivity contribution >= 4 is 0 Å². The van der Waals surface area contributed by atoms with Gasteiger partial charge in [-0.25, -0.2) is 4.98 Å². The first-order valence-electron chi connectivity index (χ1n) is 8.02. The number of aromatic nitrogens is 1. The quantitative estimate of drug-likeness (QED) is 0.727. The van der Waals surface area contributed by atoms with Crippen LogP contribution in [0.25, 0.3) is 0 Å². The fraction of sp³-hybridized carbons (Fsp3) is 0.812. The van der Waals surface area contributed by atoms with Crippen LogP contribution in [0.1, 0.15) is 63.5 Å². The van der Waals surface area contributed by atoms with Crippen molar-refractivity contribution in [1.82, 2.24) is 10.3 Å². The molecule has 2 rings (SSSR count). The molecule has 19 heavy (non-hydrogen) atoms. The molecule has 0 aromatic carbocycles. The van der Waals surface area contributed by atoms with Gasteiger partial charge in [-0.05, 0) is 31.8 Å². The van der Waals surface area contributed by atoms with Gasteiger partial charge in [0.1, 0.15) is 5.76 Å². The number of nitrogens with one attached hydrogen (secondary N) is 1. The van der Waals surface area contributed by atoms with E-state index in [9.17, 15) is 0 Å². The molecule has 1 aliphatic rings. The molecule has 1 aromatic rings. The predicted octanol–water partition coefficient (Wildman–Crippen LogP) is 3.73. The maximum Gasteiger partial charge on any atom is 0.194 e. The van der Waals surface area contributed by atoms with Gasteiger partial charge in [-0.3, -0.25) is 0 Å².